The average molecular weight is 291 g/mol. The second-order valence-corrected chi connectivity index (χ2v) is 12.5. The zero-order chi connectivity index (χ0) is 13.8. The molecule has 1 saturated carbocycles. The van der Waals surface area contributed by atoms with Gasteiger partial charge in [-0.1, -0.05) is 20.8 Å². The van der Waals surface area contributed by atoms with E-state index in [1.165, 1.54) is 0 Å². The van der Waals surface area contributed by atoms with Crippen molar-refractivity contribution in [3.05, 3.63) is 0 Å². The summed E-state index contributed by atoms with van der Waals surface area (Å²) in [7, 11) is -1.78. The van der Waals surface area contributed by atoms with Crippen LogP contribution in [0.3, 0.4) is 0 Å². The van der Waals surface area contributed by atoms with E-state index in [0.29, 0.717) is 6.61 Å². The number of cyclic esters (lactones) is 1. The lowest BCUT2D eigenvalue weighted by molar-refractivity contribution is -0.144. The van der Waals surface area contributed by atoms with Crippen LogP contribution in [0.2, 0.25) is 18.1 Å². The van der Waals surface area contributed by atoms with Crippen molar-refractivity contribution in [1.82, 2.24) is 0 Å². The van der Waals surface area contributed by atoms with Crippen molar-refractivity contribution >= 4 is 25.9 Å². The van der Waals surface area contributed by atoms with Crippen LogP contribution in [0.15, 0.2) is 0 Å². The summed E-state index contributed by atoms with van der Waals surface area (Å²) in [6.07, 6.45) is 1.58. The number of esters is 1. The Labute approximate surface area is 115 Å². The van der Waals surface area contributed by atoms with E-state index in [-0.39, 0.29) is 23.0 Å². The number of halogens is 1. The maximum atomic E-state index is 11.7. The minimum atomic E-state index is -1.78. The van der Waals surface area contributed by atoms with Gasteiger partial charge in [-0.2, -0.15) is 0 Å². The first-order chi connectivity index (χ1) is 8.08. The minimum Gasteiger partial charge on any atom is -0.458 e. The third-order valence-electron chi connectivity index (χ3n) is 4.87. The van der Waals surface area contributed by atoms with Crippen molar-refractivity contribution < 1.29 is 14.0 Å². The van der Waals surface area contributed by atoms with Gasteiger partial charge in [0, 0.05) is 5.92 Å². The smallest absolute Gasteiger partial charge is 0.328 e. The van der Waals surface area contributed by atoms with E-state index in [4.69, 9.17) is 20.8 Å². The summed E-state index contributed by atoms with van der Waals surface area (Å²) in [6.45, 7) is 11.5. The van der Waals surface area contributed by atoms with E-state index < -0.39 is 13.2 Å². The van der Waals surface area contributed by atoms with Crippen LogP contribution in [0.1, 0.15) is 33.6 Å². The lowest BCUT2D eigenvalue weighted by Gasteiger charge is -2.39. The topological polar surface area (TPSA) is 35.5 Å². The van der Waals surface area contributed by atoms with E-state index >= 15 is 0 Å². The molecule has 0 amide bonds. The Morgan fingerprint density at radius 3 is 2.50 bits per heavy atom. The Bertz CT molecular complexity index is 364. The van der Waals surface area contributed by atoms with Crippen LogP contribution in [-0.2, 0) is 14.0 Å². The van der Waals surface area contributed by atoms with Crippen molar-refractivity contribution in [2.24, 2.45) is 5.92 Å². The van der Waals surface area contributed by atoms with E-state index in [2.05, 4.69) is 33.9 Å². The molecule has 1 aliphatic heterocycles. The molecule has 0 aromatic heterocycles. The van der Waals surface area contributed by atoms with Crippen molar-refractivity contribution in [1.29, 1.82) is 0 Å². The van der Waals surface area contributed by atoms with Crippen LogP contribution in [0.5, 0.6) is 0 Å². The number of ether oxygens (including phenoxy) is 1. The predicted octanol–water partition coefficient (Wildman–Crippen LogP) is 3.32. The fourth-order valence-corrected chi connectivity index (χ4v) is 3.69. The zero-order valence-corrected chi connectivity index (χ0v) is 13.6. The van der Waals surface area contributed by atoms with Gasteiger partial charge >= 0.3 is 5.97 Å². The Kier molecular flexibility index (Phi) is 3.36. The first-order valence-electron chi connectivity index (χ1n) is 6.62. The molecule has 0 N–H and O–H groups in total. The van der Waals surface area contributed by atoms with Gasteiger partial charge in [0.2, 0.25) is 0 Å². The van der Waals surface area contributed by atoms with E-state index in [9.17, 15) is 4.79 Å². The van der Waals surface area contributed by atoms with E-state index in [1.54, 1.807) is 0 Å². The Morgan fingerprint density at radius 2 is 2.11 bits per heavy atom. The summed E-state index contributed by atoms with van der Waals surface area (Å²) in [5.74, 6) is -0.0966. The Morgan fingerprint density at radius 1 is 1.50 bits per heavy atom. The maximum Gasteiger partial charge on any atom is 0.328 e. The van der Waals surface area contributed by atoms with Gasteiger partial charge in [-0.25, -0.2) is 0 Å². The lowest BCUT2D eigenvalue weighted by atomic mass is 9.72. The second-order valence-electron chi connectivity index (χ2n) is 7.02. The van der Waals surface area contributed by atoms with Crippen LogP contribution in [0, 0.1) is 5.92 Å². The number of rotatable bonds is 3. The third kappa shape index (κ3) is 2.12. The summed E-state index contributed by atoms with van der Waals surface area (Å²) in [6, 6.07) is 0. The van der Waals surface area contributed by atoms with Gasteiger partial charge < -0.3 is 9.16 Å². The SMILES string of the molecule is CC(C)(C)[Si](C)(C)OC[C@H]1OC(=O)[C@]2(Cl)CC[C@H]12. The molecule has 1 saturated heterocycles. The van der Waals surface area contributed by atoms with Crippen molar-refractivity contribution in [2.45, 2.75) is 62.7 Å². The summed E-state index contributed by atoms with van der Waals surface area (Å²) >= 11 is 6.27. The van der Waals surface area contributed by atoms with Crippen LogP contribution < -0.4 is 0 Å². The third-order valence-corrected chi connectivity index (χ3v) is 9.99. The summed E-state index contributed by atoms with van der Waals surface area (Å²) in [5, 5.41) is 0.174. The Hall–Kier alpha value is -0.0631. The zero-order valence-electron chi connectivity index (χ0n) is 11.9. The van der Waals surface area contributed by atoms with Crippen LogP contribution in [-0.4, -0.2) is 31.9 Å². The maximum absolute atomic E-state index is 11.7. The highest BCUT2D eigenvalue weighted by molar-refractivity contribution is 6.74. The molecule has 0 aromatic rings. The molecule has 1 aliphatic carbocycles. The fraction of sp³-hybridized carbons (Fsp3) is 0.923. The molecule has 2 rings (SSSR count). The molecule has 3 nitrogen and oxygen atoms in total. The summed E-state index contributed by atoms with van der Waals surface area (Å²) < 4.78 is 11.5. The molecule has 2 fully saturated rings. The number of hydrogen-bond donors (Lipinski definition) is 0. The molecule has 104 valence electrons. The van der Waals surface area contributed by atoms with Crippen LogP contribution in [0.4, 0.5) is 0 Å². The van der Waals surface area contributed by atoms with Gasteiger partial charge in [-0.3, -0.25) is 4.79 Å². The van der Waals surface area contributed by atoms with Crippen LogP contribution in [0.25, 0.3) is 0 Å². The molecule has 0 spiro atoms. The summed E-state index contributed by atoms with van der Waals surface area (Å²) in [4.78, 5) is 11.0. The summed E-state index contributed by atoms with van der Waals surface area (Å²) in [5.41, 5.74) is 0. The normalized spacial score (nSPS) is 36.0. The fourth-order valence-electron chi connectivity index (χ4n) is 2.27. The van der Waals surface area contributed by atoms with Gasteiger partial charge in [-0.15, -0.1) is 11.6 Å². The van der Waals surface area contributed by atoms with Gasteiger partial charge in [0.1, 0.15) is 11.0 Å². The Balaban J connectivity index is 1.95. The van der Waals surface area contributed by atoms with Crippen molar-refractivity contribution in [2.75, 3.05) is 6.61 Å². The number of carbonyl (C=O) groups excluding carboxylic acids is 1. The molecule has 3 atom stereocenters. The molecule has 18 heavy (non-hydrogen) atoms. The van der Waals surface area contributed by atoms with Gasteiger partial charge in [0.15, 0.2) is 8.32 Å². The minimum absolute atomic E-state index is 0.141. The highest BCUT2D eigenvalue weighted by atomic mass is 35.5. The van der Waals surface area contributed by atoms with Crippen molar-refractivity contribution in [3.63, 3.8) is 0 Å². The molecule has 1 heterocycles. The number of fused-ring (bicyclic) bond motifs is 1. The molecule has 0 radical (unpaired) electrons. The van der Waals surface area contributed by atoms with Gasteiger partial charge in [0.05, 0.1) is 6.61 Å². The molecule has 5 heteroatoms. The largest absolute Gasteiger partial charge is 0.458 e. The molecule has 2 aliphatic rings. The second kappa shape index (κ2) is 4.22. The predicted molar refractivity (Wildman–Crippen MR) is 74.3 cm³/mol. The first kappa shape index (κ1) is 14.3. The molecule has 0 aromatic carbocycles. The highest BCUT2D eigenvalue weighted by Gasteiger charge is 2.62. The first-order valence-corrected chi connectivity index (χ1v) is 9.90. The van der Waals surface area contributed by atoms with Crippen LogP contribution >= 0.6 is 11.6 Å². The quantitative estimate of drug-likeness (QED) is 0.454. The standard InChI is InChI=1S/C13H23ClO3Si/c1-12(2,3)18(4,5)16-8-10-9-6-7-13(9,14)11(15)17-10/h9-10H,6-8H2,1-5H3/t9-,10-,13+/m1/s1. The lowest BCUT2D eigenvalue weighted by Crippen LogP contribution is -2.48. The van der Waals surface area contributed by atoms with Crippen molar-refractivity contribution in [3.8, 4) is 0 Å². The molecule has 0 unspecified atom stereocenters. The highest BCUT2D eigenvalue weighted by Crippen LogP contribution is 2.52. The van der Waals surface area contributed by atoms with Gasteiger partial charge in [0.25, 0.3) is 0 Å². The number of alkyl halides is 1. The molecular weight excluding hydrogens is 268 g/mol. The van der Waals surface area contributed by atoms with E-state index in [0.717, 1.165) is 12.8 Å². The van der Waals surface area contributed by atoms with E-state index in [1.807, 2.05) is 0 Å². The average Bonchev–Trinajstić information content (AvgIpc) is 2.35. The number of hydrogen-bond acceptors (Lipinski definition) is 3. The van der Waals surface area contributed by atoms with Gasteiger partial charge in [-0.05, 0) is 31.0 Å². The molecular formula is C13H23ClO3Si. The number of carbonyl (C=O) groups is 1. The monoisotopic (exact) mass is 290 g/mol. The molecule has 0 bridgehead atoms.